The van der Waals surface area contributed by atoms with Gasteiger partial charge in [-0.3, -0.25) is 4.57 Å². The fourth-order valence-corrected chi connectivity index (χ4v) is 2.85. The first-order valence-corrected chi connectivity index (χ1v) is 6.00. The Hall–Kier alpha value is -1.58. The van der Waals surface area contributed by atoms with Gasteiger partial charge in [0.05, 0.1) is 18.1 Å². The number of ether oxygens (including phenoxy) is 1. The van der Waals surface area contributed by atoms with Crippen LogP contribution in [0.1, 0.15) is 12.6 Å². The zero-order chi connectivity index (χ0) is 14.7. The fourth-order valence-electron chi connectivity index (χ4n) is 2.85. The fraction of sp³-hybridized carbons (Fsp3) is 0.636. The summed E-state index contributed by atoms with van der Waals surface area (Å²) < 4.78 is 33.3. The maximum absolute atomic E-state index is 13.6. The second-order valence-electron chi connectivity index (χ2n) is 5.11. The minimum atomic E-state index is -3.13. The van der Waals surface area contributed by atoms with Gasteiger partial charge in [0.25, 0.3) is 5.92 Å². The first-order chi connectivity index (χ1) is 9.33. The smallest absolute Gasteiger partial charge is 0.351 e. The molecule has 1 saturated heterocycles. The summed E-state index contributed by atoms with van der Waals surface area (Å²) in [6.07, 6.45) is -3.53. The van der Waals surface area contributed by atoms with Crippen molar-refractivity contribution in [1.29, 1.82) is 0 Å². The molecule has 0 aromatic carbocycles. The molecule has 110 valence electrons. The predicted molar refractivity (Wildman–Crippen MR) is 61.9 cm³/mol. The summed E-state index contributed by atoms with van der Waals surface area (Å²) in [6.45, 7) is -0.666. The highest BCUT2D eigenvalue weighted by Crippen LogP contribution is 2.69. The molecule has 1 unspecified atom stereocenters. The molecule has 1 saturated carbocycles. The van der Waals surface area contributed by atoms with Crippen molar-refractivity contribution in [3.05, 3.63) is 22.7 Å². The molecule has 2 heterocycles. The summed E-state index contributed by atoms with van der Waals surface area (Å²) in [7, 11) is 0. The Bertz CT molecular complexity index is 608. The van der Waals surface area contributed by atoms with Crippen molar-refractivity contribution in [2.24, 2.45) is 5.41 Å². The van der Waals surface area contributed by atoms with E-state index < -0.39 is 48.5 Å². The van der Waals surface area contributed by atoms with E-state index >= 15 is 0 Å². The van der Waals surface area contributed by atoms with Crippen LogP contribution < -0.4 is 11.4 Å². The quantitative estimate of drug-likeness (QED) is 0.651. The third-order valence-corrected chi connectivity index (χ3v) is 4.04. The van der Waals surface area contributed by atoms with Gasteiger partial charge in [0.2, 0.25) is 0 Å². The van der Waals surface area contributed by atoms with Crippen molar-refractivity contribution in [3.8, 4) is 0 Å². The van der Waals surface area contributed by atoms with Crippen molar-refractivity contribution in [1.82, 2.24) is 9.55 Å². The Morgan fingerprint density at radius 1 is 1.60 bits per heavy atom. The van der Waals surface area contributed by atoms with Crippen molar-refractivity contribution in [3.63, 3.8) is 0 Å². The summed E-state index contributed by atoms with van der Waals surface area (Å²) >= 11 is 0. The Morgan fingerprint density at radius 3 is 2.70 bits per heavy atom. The van der Waals surface area contributed by atoms with Gasteiger partial charge in [0.15, 0.2) is 6.23 Å². The molecular formula is C11H13F2N3O4. The lowest BCUT2D eigenvalue weighted by atomic mass is 9.94. The molecule has 3 rings (SSSR count). The monoisotopic (exact) mass is 289 g/mol. The van der Waals surface area contributed by atoms with Crippen LogP contribution in [0.3, 0.4) is 0 Å². The van der Waals surface area contributed by atoms with E-state index in [4.69, 9.17) is 10.5 Å². The molecule has 4 atom stereocenters. The lowest BCUT2D eigenvalue weighted by molar-refractivity contribution is -0.0560. The summed E-state index contributed by atoms with van der Waals surface area (Å²) in [6, 6.07) is 1.29. The Morgan fingerprint density at radius 2 is 2.25 bits per heavy atom. The van der Waals surface area contributed by atoms with Gasteiger partial charge in [-0.1, -0.05) is 0 Å². The lowest BCUT2D eigenvalue weighted by Gasteiger charge is -2.19. The van der Waals surface area contributed by atoms with Gasteiger partial charge in [-0.15, -0.1) is 0 Å². The number of rotatable bonds is 2. The third-order valence-electron chi connectivity index (χ3n) is 4.04. The molecule has 1 aromatic heterocycles. The Kier molecular flexibility index (Phi) is 2.66. The maximum Gasteiger partial charge on any atom is 0.351 e. The average molecular weight is 289 g/mol. The highest BCUT2D eigenvalue weighted by molar-refractivity contribution is 5.25. The highest BCUT2D eigenvalue weighted by Gasteiger charge is 2.82. The number of alkyl halides is 2. The molecule has 1 aliphatic carbocycles. The number of hydrogen-bond donors (Lipinski definition) is 3. The predicted octanol–water partition coefficient (Wildman–Crippen LogP) is -0.899. The second-order valence-corrected chi connectivity index (χ2v) is 5.11. The summed E-state index contributed by atoms with van der Waals surface area (Å²) in [5.41, 5.74) is 2.68. The van der Waals surface area contributed by atoms with E-state index in [1.165, 1.54) is 12.3 Å². The van der Waals surface area contributed by atoms with Crippen LogP contribution in [-0.2, 0) is 4.74 Å². The molecular weight excluding hydrogens is 276 g/mol. The largest absolute Gasteiger partial charge is 0.394 e. The van der Waals surface area contributed by atoms with Gasteiger partial charge >= 0.3 is 5.69 Å². The molecule has 1 aliphatic heterocycles. The van der Waals surface area contributed by atoms with E-state index in [1.54, 1.807) is 0 Å². The normalized spacial score (nSPS) is 38.3. The first-order valence-electron chi connectivity index (χ1n) is 6.00. The molecule has 0 bridgehead atoms. The van der Waals surface area contributed by atoms with E-state index in [-0.39, 0.29) is 5.82 Å². The van der Waals surface area contributed by atoms with E-state index in [1.807, 2.05) is 0 Å². The molecule has 0 amide bonds. The molecule has 9 heteroatoms. The van der Waals surface area contributed by atoms with Crippen molar-refractivity contribution < 1.29 is 23.7 Å². The number of nitrogens with two attached hydrogens (primary N) is 1. The Labute approximate surface area is 111 Å². The number of aromatic nitrogens is 2. The number of aliphatic hydroxyl groups excluding tert-OH is 2. The zero-order valence-corrected chi connectivity index (χ0v) is 10.2. The van der Waals surface area contributed by atoms with Crippen molar-refractivity contribution >= 4 is 5.82 Å². The number of nitrogens with zero attached hydrogens (tertiary/aromatic N) is 2. The van der Waals surface area contributed by atoms with Crippen LogP contribution in [0.2, 0.25) is 0 Å². The van der Waals surface area contributed by atoms with Crippen molar-refractivity contribution in [2.75, 3.05) is 12.3 Å². The van der Waals surface area contributed by atoms with Gasteiger partial charge < -0.3 is 20.7 Å². The lowest BCUT2D eigenvalue weighted by Crippen LogP contribution is -2.37. The van der Waals surface area contributed by atoms with Gasteiger partial charge in [-0.05, 0) is 6.07 Å². The van der Waals surface area contributed by atoms with Crippen LogP contribution in [0.5, 0.6) is 0 Å². The van der Waals surface area contributed by atoms with E-state index in [2.05, 4.69) is 4.98 Å². The summed E-state index contributed by atoms with van der Waals surface area (Å²) in [4.78, 5) is 15.1. The molecule has 4 N–H and O–H groups in total. The van der Waals surface area contributed by atoms with Crippen LogP contribution >= 0.6 is 0 Å². The molecule has 2 aliphatic rings. The topological polar surface area (TPSA) is 111 Å². The Balaban J connectivity index is 1.99. The van der Waals surface area contributed by atoms with Crippen LogP contribution in [0.15, 0.2) is 17.1 Å². The molecule has 1 aromatic rings. The van der Waals surface area contributed by atoms with Gasteiger partial charge in [0, 0.05) is 12.6 Å². The number of aliphatic hydroxyl groups is 2. The first kappa shape index (κ1) is 13.4. The van der Waals surface area contributed by atoms with E-state index in [0.29, 0.717) is 0 Å². The van der Waals surface area contributed by atoms with Gasteiger partial charge in [-0.2, -0.15) is 4.98 Å². The third kappa shape index (κ3) is 1.54. The summed E-state index contributed by atoms with van der Waals surface area (Å²) in [5, 5.41) is 19.3. The zero-order valence-electron chi connectivity index (χ0n) is 10.2. The standard InChI is InChI=1S/C11H13F2N3O4/c12-11(13)4-10(11)5(3-17)20-8(7(10)18)16-2-1-6(14)15-9(16)19/h1-2,5,7-8,17-18H,3-4H2,(H2,14,15,19)/t5-,7+,8-,10?/m1/s1. The van der Waals surface area contributed by atoms with Crippen molar-refractivity contribution in [2.45, 2.75) is 30.8 Å². The molecule has 20 heavy (non-hydrogen) atoms. The second kappa shape index (κ2) is 3.96. The van der Waals surface area contributed by atoms with E-state index in [9.17, 15) is 23.8 Å². The SMILES string of the molecule is Nc1ccn([C@@H]2O[C@H](CO)C3(CC3(F)F)[C@H]2O)c(=O)n1. The molecule has 2 fully saturated rings. The molecule has 0 radical (unpaired) electrons. The van der Waals surface area contributed by atoms with Gasteiger partial charge in [-0.25, -0.2) is 13.6 Å². The van der Waals surface area contributed by atoms with Crippen LogP contribution in [0.25, 0.3) is 0 Å². The minimum Gasteiger partial charge on any atom is -0.394 e. The summed E-state index contributed by atoms with van der Waals surface area (Å²) in [5.74, 6) is -3.15. The molecule has 1 spiro atoms. The van der Waals surface area contributed by atoms with Crippen LogP contribution in [0.4, 0.5) is 14.6 Å². The van der Waals surface area contributed by atoms with E-state index in [0.717, 1.165) is 4.57 Å². The maximum atomic E-state index is 13.6. The number of nitrogen functional groups attached to an aromatic ring is 1. The molecule has 7 nitrogen and oxygen atoms in total. The number of halogens is 2. The number of hydrogen-bond acceptors (Lipinski definition) is 6. The van der Waals surface area contributed by atoms with Gasteiger partial charge in [0.1, 0.15) is 11.9 Å². The van der Waals surface area contributed by atoms with Crippen LogP contribution in [-0.4, -0.2) is 44.5 Å². The highest BCUT2D eigenvalue weighted by atomic mass is 19.3. The number of anilines is 1. The minimum absolute atomic E-state index is 0.0242. The van der Waals surface area contributed by atoms with Crippen LogP contribution in [0, 0.1) is 5.41 Å². The average Bonchev–Trinajstić information content (AvgIpc) is 2.84.